The molecular formula is C9H7FN4O3. The summed E-state index contributed by atoms with van der Waals surface area (Å²) in [7, 11) is 0. The molecule has 1 heterocycles. The molecule has 1 aromatic heterocycles. The number of nitrogens with zero attached hydrogens (tertiary/aromatic N) is 3. The molecular weight excluding hydrogens is 231 g/mol. The fraction of sp³-hybridized carbons (Fsp3) is 0.111. The molecule has 88 valence electrons. The number of anilines is 2. The maximum Gasteiger partial charge on any atom is 0.320 e. The van der Waals surface area contributed by atoms with Gasteiger partial charge in [0.1, 0.15) is 11.5 Å². The third kappa shape index (κ3) is 2.36. The third-order valence-corrected chi connectivity index (χ3v) is 1.92. The van der Waals surface area contributed by atoms with Crippen LogP contribution in [-0.2, 0) is 0 Å². The fourth-order valence-electron chi connectivity index (χ4n) is 1.22. The van der Waals surface area contributed by atoms with Crippen LogP contribution in [0.5, 0.6) is 0 Å². The number of nitro benzene ring substituents is 1. The molecule has 0 spiro atoms. The van der Waals surface area contributed by atoms with Crippen molar-refractivity contribution in [2.75, 3.05) is 5.32 Å². The fourth-order valence-corrected chi connectivity index (χ4v) is 1.22. The summed E-state index contributed by atoms with van der Waals surface area (Å²) in [5.41, 5.74) is -0.319. The first kappa shape index (κ1) is 11.0. The molecule has 0 saturated carbocycles. The predicted octanol–water partition coefficient (Wildman–Crippen LogP) is 2.17. The Morgan fingerprint density at radius 1 is 1.47 bits per heavy atom. The molecule has 0 atom stereocenters. The zero-order valence-corrected chi connectivity index (χ0v) is 8.68. The van der Waals surface area contributed by atoms with Crippen molar-refractivity contribution in [3.8, 4) is 0 Å². The Morgan fingerprint density at radius 2 is 2.24 bits per heavy atom. The third-order valence-electron chi connectivity index (χ3n) is 1.92. The SMILES string of the molecule is Cc1nnc(Nc2ccc(F)cc2[N+](=O)[O-])o1. The van der Waals surface area contributed by atoms with Crippen LogP contribution in [0.1, 0.15) is 5.89 Å². The van der Waals surface area contributed by atoms with Crippen molar-refractivity contribution in [1.82, 2.24) is 10.2 Å². The standard InChI is InChI=1S/C9H7FN4O3/c1-5-12-13-9(17-5)11-7-3-2-6(10)4-8(7)14(15)16/h2-4H,1H3,(H,11,13). The number of benzene rings is 1. The number of hydrogen-bond acceptors (Lipinski definition) is 6. The van der Waals surface area contributed by atoms with Gasteiger partial charge in [-0.1, -0.05) is 5.10 Å². The van der Waals surface area contributed by atoms with Gasteiger partial charge in [-0.25, -0.2) is 4.39 Å². The summed E-state index contributed by atoms with van der Waals surface area (Å²) < 4.78 is 17.9. The van der Waals surface area contributed by atoms with E-state index in [9.17, 15) is 14.5 Å². The molecule has 17 heavy (non-hydrogen) atoms. The summed E-state index contributed by atoms with van der Waals surface area (Å²) in [5, 5.41) is 20.4. The summed E-state index contributed by atoms with van der Waals surface area (Å²) in [6.07, 6.45) is 0. The van der Waals surface area contributed by atoms with E-state index in [2.05, 4.69) is 15.5 Å². The highest BCUT2D eigenvalue weighted by Gasteiger charge is 2.16. The first-order chi connectivity index (χ1) is 8.06. The van der Waals surface area contributed by atoms with Gasteiger partial charge in [-0.15, -0.1) is 5.10 Å². The second-order valence-electron chi connectivity index (χ2n) is 3.17. The van der Waals surface area contributed by atoms with Crippen molar-refractivity contribution < 1.29 is 13.7 Å². The molecule has 0 aliphatic heterocycles. The van der Waals surface area contributed by atoms with Gasteiger partial charge in [0.15, 0.2) is 0 Å². The van der Waals surface area contributed by atoms with Gasteiger partial charge in [0, 0.05) is 6.92 Å². The van der Waals surface area contributed by atoms with Crippen LogP contribution in [0.25, 0.3) is 0 Å². The van der Waals surface area contributed by atoms with Crippen molar-refractivity contribution in [2.45, 2.75) is 6.92 Å². The molecule has 1 N–H and O–H groups in total. The number of rotatable bonds is 3. The zero-order chi connectivity index (χ0) is 12.4. The molecule has 0 bridgehead atoms. The molecule has 0 saturated heterocycles. The number of nitro groups is 1. The van der Waals surface area contributed by atoms with Gasteiger partial charge < -0.3 is 9.73 Å². The van der Waals surface area contributed by atoms with E-state index in [4.69, 9.17) is 4.42 Å². The molecule has 2 aromatic rings. The molecule has 1 aromatic carbocycles. The molecule has 0 unspecified atom stereocenters. The topological polar surface area (TPSA) is 94.1 Å². The first-order valence-corrected chi connectivity index (χ1v) is 4.57. The number of nitrogens with one attached hydrogen (secondary N) is 1. The van der Waals surface area contributed by atoms with Crippen LogP contribution in [0.15, 0.2) is 22.6 Å². The van der Waals surface area contributed by atoms with Crippen LogP contribution in [-0.4, -0.2) is 15.1 Å². The average Bonchev–Trinajstić information content (AvgIpc) is 2.66. The van der Waals surface area contributed by atoms with E-state index in [0.717, 1.165) is 12.1 Å². The highest BCUT2D eigenvalue weighted by atomic mass is 19.1. The maximum absolute atomic E-state index is 12.9. The Kier molecular flexibility index (Phi) is 2.69. The Labute approximate surface area is 94.4 Å². The Morgan fingerprint density at radius 3 is 2.82 bits per heavy atom. The van der Waals surface area contributed by atoms with E-state index in [1.54, 1.807) is 6.92 Å². The second-order valence-corrected chi connectivity index (χ2v) is 3.17. The first-order valence-electron chi connectivity index (χ1n) is 4.57. The van der Waals surface area contributed by atoms with Crippen molar-refractivity contribution in [3.63, 3.8) is 0 Å². The van der Waals surface area contributed by atoms with Gasteiger partial charge in [0.2, 0.25) is 5.89 Å². The van der Waals surface area contributed by atoms with Crippen LogP contribution in [0.2, 0.25) is 0 Å². The van der Waals surface area contributed by atoms with E-state index < -0.39 is 16.4 Å². The highest BCUT2D eigenvalue weighted by Crippen LogP contribution is 2.27. The number of hydrogen-bond donors (Lipinski definition) is 1. The van der Waals surface area contributed by atoms with Crippen LogP contribution >= 0.6 is 0 Å². The van der Waals surface area contributed by atoms with E-state index in [1.807, 2.05) is 0 Å². The van der Waals surface area contributed by atoms with Crippen LogP contribution in [0, 0.1) is 22.9 Å². The summed E-state index contributed by atoms with van der Waals surface area (Å²) in [5.74, 6) is -0.374. The van der Waals surface area contributed by atoms with Gasteiger partial charge >= 0.3 is 6.01 Å². The van der Waals surface area contributed by atoms with E-state index in [0.29, 0.717) is 5.89 Å². The van der Waals surface area contributed by atoms with Gasteiger partial charge in [-0.05, 0) is 12.1 Å². The largest absolute Gasteiger partial charge is 0.408 e. The lowest BCUT2D eigenvalue weighted by Crippen LogP contribution is -1.97. The van der Waals surface area contributed by atoms with Crippen molar-refractivity contribution in [2.24, 2.45) is 0 Å². The molecule has 2 rings (SSSR count). The molecule has 7 nitrogen and oxygen atoms in total. The number of aryl methyl sites for hydroxylation is 1. The molecule has 0 aliphatic carbocycles. The van der Waals surface area contributed by atoms with Gasteiger partial charge in [-0.3, -0.25) is 10.1 Å². The van der Waals surface area contributed by atoms with E-state index >= 15 is 0 Å². The number of aromatic nitrogens is 2. The molecule has 0 aliphatic rings. The summed E-state index contributed by atoms with van der Waals surface area (Å²) in [4.78, 5) is 10.0. The normalized spacial score (nSPS) is 10.2. The molecule has 0 amide bonds. The van der Waals surface area contributed by atoms with Crippen LogP contribution in [0.4, 0.5) is 21.8 Å². The summed E-state index contributed by atoms with van der Waals surface area (Å²) in [6, 6.07) is 3.15. The summed E-state index contributed by atoms with van der Waals surface area (Å²) in [6.45, 7) is 1.58. The minimum Gasteiger partial charge on any atom is -0.408 e. The minimum atomic E-state index is -0.700. The lowest BCUT2D eigenvalue weighted by molar-refractivity contribution is -0.384. The lowest BCUT2D eigenvalue weighted by Gasteiger charge is -2.02. The molecule has 8 heteroatoms. The Balaban J connectivity index is 2.35. The maximum atomic E-state index is 12.9. The van der Waals surface area contributed by atoms with E-state index in [1.165, 1.54) is 6.07 Å². The van der Waals surface area contributed by atoms with E-state index in [-0.39, 0.29) is 11.7 Å². The number of halogens is 1. The van der Waals surface area contributed by atoms with Crippen molar-refractivity contribution in [1.29, 1.82) is 0 Å². The Hall–Kier alpha value is -2.51. The van der Waals surface area contributed by atoms with Crippen LogP contribution in [0.3, 0.4) is 0 Å². The Bertz CT molecular complexity index is 569. The van der Waals surface area contributed by atoms with Gasteiger partial charge in [0.05, 0.1) is 11.0 Å². The highest BCUT2D eigenvalue weighted by molar-refractivity contribution is 5.65. The smallest absolute Gasteiger partial charge is 0.320 e. The predicted molar refractivity (Wildman–Crippen MR) is 55.4 cm³/mol. The van der Waals surface area contributed by atoms with Crippen LogP contribution < -0.4 is 5.32 Å². The van der Waals surface area contributed by atoms with Crippen molar-refractivity contribution >= 4 is 17.4 Å². The molecule has 0 fully saturated rings. The second kappa shape index (κ2) is 4.16. The summed E-state index contributed by atoms with van der Waals surface area (Å²) >= 11 is 0. The monoisotopic (exact) mass is 238 g/mol. The minimum absolute atomic E-state index is 0.0113. The lowest BCUT2D eigenvalue weighted by atomic mass is 10.2. The zero-order valence-electron chi connectivity index (χ0n) is 8.68. The quantitative estimate of drug-likeness (QED) is 0.650. The van der Waals surface area contributed by atoms with Crippen molar-refractivity contribution in [3.05, 3.63) is 40.0 Å². The molecule has 0 radical (unpaired) electrons. The average molecular weight is 238 g/mol. The van der Waals surface area contributed by atoms with Gasteiger partial charge in [0.25, 0.3) is 5.69 Å². The van der Waals surface area contributed by atoms with Gasteiger partial charge in [-0.2, -0.15) is 0 Å².